The first kappa shape index (κ1) is 17.5. The van der Waals surface area contributed by atoms with Crippen LogP contribution in [0.3, 0.4) is 0 Å². The number of ether oxygens (including phenoxy) is 2. The van der Waals surface area contributed by atoms with Crippen molar-refractivity contribution in [2.75, 3.05) is 0 Å². The summed E-state index contributed by atoms with van der Waals surface area (Å²) in [4.78, 5) is 47.5. The van der Waals surface area contributed by atoms with Gasteiger partial charge in [-0.15, -0.1) is 0 Å². The Balaban J connectivity index is 2.22. The molecule has 1 aromatic rings. The Morgan fingerprint density at radius 2 is 1.71 bits per heavy atom. The molecule has 2 N–H and O–H groups in total. The molecule has 1 saturated heterocycles. The van der Waals surface area contributed by atoms with Crippen molar-refractivity contribution in [2.24, 2.45) is 5.92 Å². The molecule has 1 atom stereocenters. The standard InChI is InChI=1S/C16H17NO7/c1-16(2)23-13(19)11(14(20)24-16)12(18)10(17-15(21)22)8-9-6-4-3-5-7-9/h3-7,10-11,17H,8H2,1-2H3,(H,21,22). The van der Waals surface area contributed by atoms with Crippen LogP contribution < -0.4 is 5.32 Å². The molecule has 24 heavy (non-hydrogen) atoms. The Labute approximate surface area is 137 Å². The monoisotopic (exact) mass is 335 g/mol. The normalized spacial score (nSPS) is 18.2. The van der Waals surface area contributed by atoms with Gasteiger partial charge in [0.05, 0.1) is 6.04 Å². The average molecular weight is 335 g/mol. The summed E-state index contributed by atoms with van der Waals surface area (Å²) in [6.07, 6.45) is -1.45. The molecule has 0 aromatic heterocycles. The summed E-state index contributed by atoms with van der Waals surface area (Å²) in [6, 6.07) is 7.33. The van der Waals surface area contributed by atoms with Gasteiger partial charge in [-0.25, -0.2) is 4.79 Å². The number of esters is 2. The minimum Gasteiger partial charge on any atom is -0.465 e. The lowest BCUT2D eigenvalue weighted by atomic mass is 9.92. The van der Waals surface area contributed by atoms with Crippen LogP contribution in [-0.2, 0) is 30.3 Å². The van der Waals surface area contributed by atoms with Crippen LogP contribution in [0.15, 0.2) is 30.3 Å². The first-order chi connectivity index (χ1) is 11.2. The SMILES string of the molecule is CC1(C)OC(=O)C(C(=O)C(Cc2ccccc2)NC(=O)O)C(=O)O1. The molecule has 1 aromatic carbocycles. The minimum absolute atomic E-state index is 0.00751. The van der Waals surface area contributed by atoms with Gasteiger partial charge in [0.2, 0.25) is 5.92 Å². The molecular formula is C16H17NO7. The van der Waals surface area contributed by atoms with E-state index < -0.39 is 41.6 Å². The number of cyclic esters (lactones) is 2. The lowest BCUT2D eigenvalue weighted by molar-refractivity contribution is -0.238. The number of carbonyl (C=O) groups excluding carboxylic acids is 3. The van der Waals surface area contributed by atoms with Gasteiger partial charge in [0.25, 0.3) is 5.79 Å². The third kappa shape index (κ3) is 4.09. The van der Waals surface area contributed by atoms with Crippen LogP contribution in [0.25, 0.3) is 0 Å². The molecule has 1 heterocycles. The Kier molecular flexibility index (Phi) is 4.87. The lowest BCUT2D eigenvalue weighted by Crippen LogP contribution is -2.54. The summed E-state index contributed by atoms with van der Waals surface area (Å²) in [6.45, 7) is 2.72. The van der Waals surface area contributed by atoms with Gasteiger partial charge in [-0.05, 0) is 12.0 Å². The fraction of sp³-hybridized carbons (Fsp3) is 0.375. The lowest BCUT2D eigenvalue weighted by Gasteiger charge is -2.33. The van der Waals surface area contributed by atoms with Crippen molar-refractivity contribution in [3.8, 4) is 0 Å². The number of ketones is 1. The molecule has 1 fully saturated rings. The van der Waals surface area contributed by atoms with Crippen LogP contribution in [-0.4, -0.2) is 40.8 Å². The number of carboxylic acid groups (broad SMARTS) is 1. The van der Waals surface area contributed by atoms with Crippen molar-refractivity contribution in [1.29, 1.82) is 0 Å². The maximum absolute atomic E-state index is 12.5. The molecule has 1 aliphatic rings. The maximum atomic E-state index is 12.5. The van der Waals surface area contributed by atoms with E-state index in [1.807, 2.05) is 5.32 Å². The number of carbonyl (C=O) groups is 4. The first-order valence-electron chi connectivity index (χ1n) is 7.22. The largest absolute Gasteiger partial charge is 0.465 e. The summed E-state index contributed by atoms with van der Waals surface area (Å²) in [5.74, 6) is -6.27. The molecular weight excluding hydrogens is 318 g/mol. The van der Waals surface area contributed by atoms with Gasteiger partial charge in [-0.1, -0.05) is 30.3 Å². The quantitative estimate of drug-likeness (QED) is 0.605. The van der Waals surface area contributed by atoms with Gasteiger partial charge in [0.1, 0.15) is 0 Å². The predicted molar refractivity (Wildman–Crippen MR) is 79.9 cm³/mol. The fourth-order valence-electron chi connectivity index (χ4n) is 2.37. The summed E-state index contributed by atoms with van der Waals surface area (Å²) in [7, 11) is 0. The fourth-order valence-corrected chi connectivity index (χ4v) is 2.37. The van der Waals surface area contributed by atoms with Crippen LogP contribution in [0.2, 0.25) is 0 Å². The molecule has 0 bridgehead atoms. The zero-order valence-electron chi connectivity index (χ0n) is 13.1. The van der Waals surface area contributed by atoms with Gasteiger partial charge in [0, 0.05) is 13.8 Å². The van der Waals surface area contributed by atoms with Gasteiger partial charge in [-0.2, -0.15) is 0 Å². The molecule has 128 valence electrons. The molecule has 0 aliphatic carbocycles. The van der Waals surface area contributed by atoms with E-state index in [0.29, 0.717) is 5.56 Å². The zero-order valence-corrected chi connectivity index (χ0v) is 13.1. The van der Waals surface area contributed by atoms with Gasteiger partial charge >= 0.3 is 18.0 Å². The van der Waals surface area contributed by atoms with Crippen molar-refractivity contribution < 1.29 is 33.8 Å². The number of rotatable bonds is 5. The average Bonchev–Trinajstić information content (AvgIpc) is 2.45. The topological polar surface area (TPSA) is 119 Å². The number of nitrogens with one attached hydrogen (secondary N) is 1. The van der Waals surface area contributed by atoms with Crippen LogP contribution >= 0.6 is 0 Å². The number of Topliss-reactive ketones (excluding diaryl/α,β-unsaturated/α-hetero) is 1. The Morgan fingerprint density at radius 1 is 1.17 bits per heavy atom. The molecule has 2 rings (SSSR count). The highest BCUT2D eigenvalue weighted by molar-refractivity contribution is 6.17. The van der Waals surface area contributed by atoms with Crippen molar-refractivity contribution in [2.45, 2.75) is 32.1 Å². The Hall–Kier alpha value is -2.90. The third-order valence-electron chi connectivity index (χ3n) is 3.37. The van der Waals surface area contributed by atoms with Crippen molar-refractivity contribution >= 4 is 23.8 Å². The number of benzene rings is 1. The van der Waals surface area contributed by atoms with E-state index in [9.17, 15) is 19.2 Å². The molecule has 1 unspecified atom stereocenters. The smallest absolute Gasteiger partial charge is 0.405 e. The van der Waals surface area contributed by atoms with Crippen molar-refractivity contribution in [1.82, 2.24) is 5.32 Å². The van der Waals surface area contributed by atoms with Gasteiger partial charge < -0.3 is 19.9 Å². The van der Waals surface area contributed by atoms with Gasteiger partial charge in [0.15, 0.2) is 5.78 Å². The Morgan fingerprint density at radius 3 is 2.21 bits per heavy atom. The third-order valence-corrected chi connectivity index (χ3v) is 3.37. The van der Waals surface area contributed by atoms with Crippen LogP contribution in [0.5, 0.6) is 0 Å². The molecule has 1 amide bonds. The molecule has 0 radical (unpaired) electrons. The van der Waals surface area contributed by atoms with E-state index in [4.69, 9.17) is 14.6 Å². The van der Waals surface area contributed by atoms with Gasteiger partial charge in [-0.3, -0.25) is 14.4 Å². The number of hydrogen-bond donors (Lipinski definition) is 2. The molecule has 0 spiro atoms. The predicted octanol–water partition coefficient (Wildman–Crippen LogP) is 0.887. The minimum atomic E-state index is -1.81. The van der Waals surface area contributed by atoms with Crippen LogP contribution in [0.4, 0.5) is 4.79 Å². The van der Waals surface area contributed by atoms with Crippen LogP contribution in [0, 0.1) is 5.92 Å². The molecule has 8 nitrogen and oxygen atoms in total. The molecule has 8 heteroatoms. The highest BCUT2D eigenvalue weighted by atomic mass is 16.7. The second-order valence-electron chi connectivity index (χ2n) is 5.77. The van der Waals surface area contributed by atoms with E-state index in [2.05, 4.69) is 0 Å². The number of hydrogen-bond acceptors (Lipinski definition) is 6. The second-order valence-corrected chi connectivity index (χ2v) is 5.77. The highest BCUT2D eigenvalue weighted by Crippen LogP contribution is 2.25. The van der Waals surface area contributed by atoms with Crippen molar-refractivity contribution in [3.63, 3.8) is 0 Å². The van der Waals surface area contributed by atoms with Crippen molar-refractivity contribution in [3.05, 3.63) is 35.9 Å². The van der Waals surface area contributed by atoms with E-state index in [1.165, 1.54) is 13.8 Å². The maximum Gasteiger partial charge on any atom is 0.405 e. The Bertz CT molecular complexity index is 648. The summed E-state index contributed by atoms with van der Waals surface area (Å²) in [5.41, 5.74) is 0.669. The van der Waals surface area contributed by atoms with E-state index in [1.54, 1.807) is 30.3 Å². The van der Waals surface area contributed by atoms with E-state index >= 15 is 0 Å². The first-order valence-corrected chi connectivity index (χ1v) is 7.22. The summed E-state index contributed by atoms with van der Waals surface area (Å²) < 4.78 is 9.81. The number of amides is 1. The van der Waals surface area contributed by atoms with Crippen LogP contribution in [0.1, 0.15) is 19.4 Å². The van der Waals surface area contributed by atoms with E-state index in [-0.39, 0.29) is 6.42 Å². The van der Waals surface area contributed by atoms with E-state index in [0.717, 1.165) is 0 Å². The summed E-state index contributed by atoms with van der Waals surface area (Å²) in [5, 5.41) is 11.0. The zero-order chi connectivity index (χ0) is 17.9. The highest BCUT2D eigenvalue weighted by Gasteiger charge is 2.49. The molecule has 0 saturated carbocycles. The summed E-state index contributed by atoms with van der Waals surface area (Å²) >= 11 is 0. The second kappa shape index (κ2) is 6.69. The molecule has 1 aliphatic heterocycles.